The molecule has 0 radical (unpaired) electrons. The molecule has 0 aliphatic carbocycles. The van der Waals surface area contributed by atoms with Crippen molar-refractivity contribution in [3.8, 4) is 0 Å². The zero-order valence-electron chi connectivity index (χ0n) is 17.9. The smallest absolute Gasteiger partial charge is 0.185 e. The summed E-state index contributed by atoms with van der Waals surface area (Å²) in [5, 5.41) is 10.4. The van der Waals surface area contributed by atoms with Crippen LogP contribution in [0.5, 0.6) is 0 Å². The number of rotatable bonds is 6. The van der Waals surface area contributed by atoms with Gasteiger partial charge in [0, 0.05) is 56.0 Å². The number of hydrogen-bond acceptors (Lipinski definition) is 6. The number of likely N-dealkylation sites (tertiary alicyclic amines) is 1. The highest BCUT2D eigenvalue weighted by atomic mass is 32.1. The number of hydrogen-bond donors (Lipinski definition) is 1. The Morgan fingerprint density at radius 1 is 1.36 bits per heavy atom. The Morgan fingerprint density at radius 2 is 2.00 bits per heavy atom. The number of aliphatic hydroxyl groups is 1. The Balaban J connectivity index is 0.000000878. The maximum atomic E-state index is 9.33. The molecule has 1 aromatic heterocycles. The Morgan fingerprint density at radius 3 is 2.50 bits per heavy atom. The van der Waals surface area contributed by atoms with Gasteiger partial charge in [0.1, 0.15) is 0 Å². The topological polar surface area (TPSA) is 52.0 Å². The molecule has 1 N–H and O–H groups in total. The number of aliphatic imine (C=N–C) groups is 1. The van der Waals surface area contributed by atoms with E-state index in [1.165, 1.54) is 11.3 Å². The molecule has 156 valence electrons. The van der Waals surface area contributed by atoms with Crippen LogP contribution in [-0.2, 0) is 0 Å². The standard InChI is InChI=1S/C19H28N4OS.C3H8/c1-4-7-20-18(15(3)22-8-5-16(13-24)6-9-22)17-11-23(12-17)19-21-10-14(2)25-19;1-3-2/h4,7,10,16-17,24H,3,5-6,8-9,11-13H2,1-2H3;3H2,1-2H3/b7-4-,20-18?;. The van der Waals surface area contributed by atoms with E-state index in [-0.39, 0.29) is 0 Å². The second kappa shape index (κ2) is 11.4. The van der Waals surface area contributed by atoms with Gasteiger partial charge in [-0.15, -0.1) is 11.3 Å². The number of allylic oxidation sites excluding steroid dienone is 2. The quantitative estimate of drug-likeness (QED) is 0.710. The molecule has 0 amide bonds. The Hall–Kier alpha value is -1.66. The minimum atomic E-state index is 0.296. The van der Waals surface area contributed by atoms with Crippen LogP contribution in [0.3, 0.4) is 0 Å². The lowest BCUT2D eigenvalue weighted by Crippen LogP contribution is -2.52. The molecule has 2 aliphatic rings. The molecule has 0 bridgehead atoms. The van der Waals surface area contributed by atoms with Crippen molar-refractivity contribution < 1.29 is 5.11 Å². The van der Waals surface area contributed by atoms with E-state index in [0.29, 0.717) is 18.4 Å². The Kier molecular flexibility index (Phi) is 9.19. The summed E-state index contributed by atoms with van der Waals surface area (Å²) < 4.78 is 0. The van der Waals surface area contributed by atoms with Crippen LogP contribution in [0.1, 0.15) is 44.9 Å². The van der Waals surface area contributed by atoms with E-state index in [0.717, 1.165) is 55.6 Å². The molecule has 1 aromatic rings. The average Bonchev–Trinajstić information content (AvgIpc) is 3.09. The number of aromatic nitrogens is 1. The Labute approximate surface area is 174 Å². The van der Waals surface area contributed by atoms with E-state index in [4.69, 9.17) is 4.99 Å². The van der Waals surface area contributed by atoms with E-state index in [2.05, 4.69) is 42.1 Å². The molecule has 6 heteroatoms. The van der Waals surface area contributed by atoms with Gasteiger partial charge in [-0.1, -0.05) is 32.9 Å². The van der Waals surface area contributed by atoms with Crippen molar-refractivity contribution in [2.75, 3.05) is 37.7 Å². The van der Waals surface area contributed by atoms with Crippen molar-refractivity contribution in [2.24, 2.45) is 16.8 Å². The van der Waals surface area contributed by atoms with Gasteiger partial charge in [0.25, 0.3) is 0 Å². The van der Waals surface area contributed by atoms with Crippen LogP contribution in [0.4, 0.5) is 5.13 Å². The lowest BCUT2D eigenvalue weighted by Gasteiger charge is -2.42. The highest BCUT2D eigenvalue weighted by Crippen LogP contribution is 2.31. The maximum Gasteiger partial charge on any atom is 0.185 e. The first-order valence-electron chi connectivity index (χ1n) is 10.4. The second-order valence-electron chi connectivity index (χ2n) is 7.62. The van der Waals surface area contributed by atoms with Crippen molar-refractivity contribution in [2.45, 2.75) is 47.0 Å². The molecule has 3 heterocycles. The fraction of sp³-hybridized carbons (Fsp3) is 0.636. The Bertz CT molecular complexity index is 668. The summed E-state index contributed by atoms with van der Waals surface area (Å²) in [5.74, 6) is 0.843. The summed E-state index contributed by atoms with van der Waals surface area (Å²) in [4.78, 5) is 15.1. The van der Waals surface area contributed by atoms with Crippen LogP contribution in [0, 0.1) is 18.8 Å². The maximum absolute atomic E-state index is 9.33. The summed E-state index contributed by atoms with van der Waals surface area (Å²) in [6, 6.07) is 0. The van der Waals surface area contributed by atoms with E-state index in [1.807, 2.05) is 25.4 Å². The first-order chi connectivity index (χ1) is 13.5. The minimum Gasteiger partial charge on any atom is -0.396 e. The first kappa shape index (κ1) is 22.6. The third-order valence-electron chi connectivity index (χ3n) is 5.06. The van der Waals surface area contributed by atoms with Crippen LogP contribution in [0.15, 0.2) is 35.7 Å². The largest absolute Gasteiger partial charge is 0.396 e. The number of anilines is 1. The number of aliphatic hydroxyl groups excluding tert-OH is 1. The van der Waals surface area contributed by atoms with Crippen LogP contribution < -0.4 is 4.90 Å². The summed E-state index contributed by atoms with van der Waals surface area (Å²) in [6.07, 6.45) is 9.08. The minimum absolute atomic E-state index is 0.296. The van der Waals surface area contributed by atoms with E-state index in [1.54, 1.807) is 11.3 Å². The molecule has 5 nitrogen and oxygen atoms in total. The van der Waals surface area contributed by atoms with Crippen molar-refractivity contribution in [3.63, 3.8) is 0 Å². The molecule has 0 spiro atoms. The first-order valence-corrected chi connectivity index (χ1v) is 11.3. The van der Waals surface area contributed by atoms with Gasteiger partial charge in [0.05, 0.1) is 11.4 Å². The molecule has 0 saturated carbocycles. The third kappa shape index (κ3) is 5.92. The molecule has 2 fully saturated rings. The van der Waals surface area contributed by atoms with Gasteiger partial charge in [-0.05, 0) is 32.6 Å². The summed E-state index contributed by atoms with van der Waals surface area (Å²) in [6.45, 7) is 16.8. The van der Waals surface area contributed by atoms with Gasteiger partial charge >= 0.3 is 0 Å². The number of piperidine rings is 1. The molecular formula is C22H36N4OS. The predicted octanol–water partition coefficient (Wildman–Crippen LogP) is 4.50. The third-order valence-corrected chi connectivity index (χ3v) is 6.03. The number of thiazole rings is 1. The van der Waals surface area contributed by atoms with Crippen molar-refractivity contribution in [1.29, 1.82) is 0 Å². The zero-order chi connectivity index (χ0) is 20.5. The molecule has 0 unspecified atom stereocenters. The van der Waals surface area contributed by atoms with Crippen molar-refractivity contribution in [3.05, 3.63) is 35.6 Å². The second-order valence-corrected chi connectivity index (χ2v) is 8.83. The monoisotopic (exact) mass is 404 g/mol. The fourth-order valence-corrected chi connectivity index (χ4v) is 4.19. The molecule has 3 rings (SSSR count). The summed E-state index contributed by atoms with van der Waals surface area (Å²) >= 11 is 1.75. The SMILES string of the molecule is C=C(C(=N/C=C\C)C1CN(c2ncc(C)s2)C1)N1CCC(CO)CC1.CCC. The highest BCUT2D eigenvalue weighted by molar-refractivity contribution is 7.15. The highest BCUT2D eigenvalue weighted by Gasteiger charge is 2.35. The van der Waals surface area contributed by atoms with E-state index < -0.39 is 0 Å². The molecule has 0 aromatic carbocycles. The summed E-state index contributed by atoms with van der Waals surface area (Å²) in [5.41, 5.74) is 2.15. The fourth-order valence-electron chi connectivity index (χ4n) is 3.41. The zero-order valence-corrected chi connectivity index (χ0v) is 18.7. The predicted molar refractivity (Wildman–Crippen MR) is 121 cm³/mol. The molecular weight excluding hydrogens is 368 g/mol. The van der Waals surface area contributed by atoms with Crippen molar-refractivity contribution >= 4 is 22.2 Å². The normalized spacial score (nSPS) is 18.8. The molecule has 28 heavy (non-hydrogen) atoms. The number of nitrogens with zero attached hydrogens (tertiary/aromatic N) is 4. The average molecular weight is 405 g/mol. The van der Waals surface area contributed by atoms with Crippen molar-refractivity contribution in [1.82, 2.24) is 9.88 Å². The van der Waals surface area contributed by atoms with E-state index >= 15 is 0 Å². The van der Waals surface area contributed by atoms with Gasteiger partial charge in [-0.25, -0.2) is 4.98 Å². The molecule has 2 aliphatic heterocycles. The van der Waals surface area contributed by atoms with Crippen LogP contribution in [0.25, 0.3) is 0 Å². The molecule has 2 saturated heterocycles. The van der Waals surface area contributed by atoms with Gasteiger partial charge in [-0.3, -0.25) is 4.99 Å². The van der Waals surface area contributed by atoms with Gasteiger partial charge in [0.15, 0.2) is 5.13 Å². The lowest BCUT2D eigenvalue weighted by atomic mass is 9.91. The number of aryl methyl sites for hydroxylation is 1. The van der Waals surface area contributed by atoms with Gasteiger partial charge < -0.3 is 14.9 Å². The molecule has 0 atom stereocenters. The van der Waals surface area contributed by atoms with Crippen LogP contribution in [0.2, 0.25) is 0 Å². The van der Waals surface area contributed by atoms with Crippen LogP contribution >= 0.6 is 11.3 Å². The lowest BCUT2D eigenvalue weighted by molar-refractivity contribution is 0.154. The summed E-state index contributed by atoms with van der Waals surface area (Å²) in [7, 11) is 0. The van der Waals surface area contributed by atoms with Crippen LogP contribution in [-0.4, -0.2) is 53.5 Å². The van der Waals surface area contributed by atoms with Gasteiger partial charge in [0.2, 0.25) is 0 Å². The van der Waals surface area contributed by atoms with Gasteiger partial charge in [-0.2, -0.15) is 0 Å². The van der Waals surface area contributed by atoms with E-state index in [9.17, 15) is 5.11 Å².